The SMILES string of the molecule is COc1ccc(/C=N/Nc2ccc(F)cc2)c(Cl)c1OC. The zero-order valence-corrected chi connectivity index (χ0v) is 12.3. The predicted molar refractivity (Wildman–Crippen MR) is 82.2 cm³/mol. The lowest BCUT2D eigenvalue weighted by molar-refractivity contribution is 0.355. The summed E-state index contributed by atoms with van der Waals surface area (Å²) < 4.78 is 23.1. The monoisotopic (exact) mass is 308 g/mol. The molecule has 21 heavy (non-hydrogen) atoms. The van der Waals surface area contributed by atoms with Crippen LogP contribution in [0.1, 0.15) is 5.56 Å². The average molecular weight is 309 g/mol. The molecule has 0 heterocycles. The van der Waals surface area contributed by atoms with Crippen LogP contribution in [0.25, 0.3) is 0 Å². The Balaban J connectivity index is 2.15. The molecular formula is C15H14ClFN2O2. The first kappa shape index (κ1) is 15.1. The first-order valence-corrected chi connectivity index (χ1v) is 6.48. The van der Waals surface area contributed by atoms with Gasteiger partial charge in [-0.3, -0.25) is 5.43 Å². The fourth-order valence-corrected chi connectivity index (χ4v) is 1.99. The van der Waals surface area contributed by atoms with E-state index in [2.05, 4.69) is 10.5 Å². The molecule has 1 N–H and O–H groups in total. The molecule has 4 nitrogen and oxygen atoms in total. The number of ether oxygens (including phenoxy) is 2. The van der Waals surface area contributed by atoms with Crippen molar-refractivity contribution in [3.63, 3.8) is 0 Å². The van der Waals surface area contributed by atoms with Gasteiger partial charge < -0.3 is 9.47 Å². The normalized spacial score (nSPS) is 10.7. The van der Waals surface area contributed by atoms with Crippen LogP contribution in [0.15, 0.2) is 41.5 Å². The summed E-state index contributed by atoms with van der Waals surface area (Å²) in [6, 6.07) is 9.37. The highest BCUT2D eigenvalue weighted by molar-refractivity contribution is 6.34. The number of nitrogens with one attached hydrogen (secondary N) is 1. The van der Waals surface area contributed by atoms with Crippen molar-refractivity contribution in [1.82, 2.24) is 0 Å². The maximum Gasteiger partial charge on any atom is 0.180 e. The second-order valence-electron chi connectivity index (χ2n) is 4.08. The molecule has 2 aromatic carbocycles. The lowest BCUT2D eigenvalue weighted by Gasteiger charge is -2.10. The zero-order chi connectivity index (χ0) is 15.2. The Kier molecular flexibility index (Phi) is 5.00. The minimum atomic E-state index is -0.299. The van der Waals surface area contributed by atoms with Crippen molar-refractivity contribution in [3.8, 4) is 11.5 Å². The summed E-state index contributed by atoms with van der Waals surface area (Å²) in [7, 11) is 3.06. The van der Waals surface area contributed by atoms with Gasteiger partial charge in [0.1, 0.15) is 5.82 Å². The maximum absolute atomic E-state index is 12.8. The van der Waals surface area contributed by atoms with Crippen LogP contribution in [-0.2, 0) is 0 Å². The molecule has 0 aliphatic rings. The van der Waals surface area contributed by atoms with Crippen LogP contribution in [0, 0.1) is 5.82 Å². The lowest BCUT2D eigenvalue weighted by atomic mass is 10.2. The van der Waals surface area contributed by atoms with Crippen LogP contribution in [0.4, 0.5) is 10.1 Å². The first-order chi connectivity index (χ1) is 10.2. The van der Waals surface area contributed by atoms with Crippen molar-refractivity contribution in [1.29, 1.82) is 0 Å². The van der Waals surface area contributed by atoms with Crippen molar-refractivity contribution in [2.75, 3.05) is 19.6 Å². The van der Waals surface area contributed by atoms with E-state index in [-0.39, 0.29) is 5.82 Å². The van der Waals surface area contributed by atoms with E-state index >= 15 is 0 Å². The molecule has 0 amide bonds. The van der Waals surface area contributed by atoms with Crippen molar-refractivity contribution >= 4 is 23.5 Å². The third-order valence-electron chi connectivity index (χ3n) is 2.76. The van der Waals surface area contributed by atoms with Crippen LogP contribution in [0.3, 0.4) is 0 Å². The molecule has 0 aliphatic heterocycles. The van der Waals surface area contributed by atoms with Gasteiger partial charge in [-0.15, -0.1) is 0 Å². The smallest absolute Gasteiger partial charge is 0.180 e. The summed E-state index contributed by atoms with van der Waals surface area (Å²) in [6.45, 7) is 0. The van der Waals surface area contributed by atoms with Crippen LogP contribution >= 0.6 is 11.6 Å². The van der Waals surface area contributed by atoms with Crippen LogP contribution in [0.2, 0.25) is 5.02 Å². The van der Waals surface area contributed by atoms with E-state index in [0.717, 1.165) is 0 Å². The Labute approximate surface area is 127 Å². The summed E-state index contributed by atoms with van der Waals surface area (Å²) in [6.07, 6.45) is 1.55. The number of hydrazone groups is 1. The molecule has 0 unspecified atom stereocenters. The summed E-state index contributed by atoms with van der Waals surface area (Å²) >= 11 is 6.22. The lowest BCUT2D eigenvalue weighted by Crippen LogP contribution is -1.96. The minimum absolute atomic E-state index is 0.299. The molecule has 2 aromatic rings. The zero-order valence-electron chi connectivity index (χ0n) is 11.6. The summed E-state index contributed by atoms with van der Waals surface area (Å²) in [5, 5.41) is 4.46. The van der Waals surface area contributed by atoms with Crippen LogP contribution in [-0.4, -0.2) is 20.4 Å². The van der Waals surface area contributed by atoms with E-state index in [4.69, 9.17) is 21.1 Å². The molecule has 0 spiro atoms. The largest absolute Gasteiger partial charge is 0.493 e. The number of hydrogen-bond donors (Lipinski definition) is 1. The minimum Gasteiger partial charge on any atom is -0.493 e. The number of methoxy groups -OCH3 is 2. The van der Waals surface area contributed by atoms with Gasteiger partial charge in [0.2, 0.25) is 0 Å². The Bertz CT molecular complexity index is 645. The van der Waals surface area contributed by atoms with E-state index in [1.54, 1.807) is 30.5 Å². The number of benzene rings is 2. The van der Waals surface area contributed by atoms with E-state index in [1.165, 1.54) is 26.4 Å². The molecule has 0 fully saturated rings. The first-order valence-electron chi connectivity index (χ1n) is 6.11. The van der Waals surface area contributed by atoms with Gasteiger partial charge in [0.05, 0.1) is 31.1 Å². The van der Waals surface area contributed by atoms with E-state index in [1.807, 2.05) is 0 Å². The van der Waals surface area contributed by atoms with Crippen LogP contribution in [0.5, 0.6) is 11.5 Å². The Hall–Kier alpha value is -2.27. The third kappa shape index (κ3) is 3.64. The highest BCUT2D eigenvalue weighted by Gasteiger charge is 2.11. The second kappa shape index (κ2) is 6.95. The van der Waals surface area contributed by atoms with E-state index in [9.17, 15) is 4.39 Å². The van der Waals surface area contributed by atoms with Gasteiger partial charge in [-0.2, -0.15) is 5.10 Å². The van der Waals surface area contributed by atoms with Gasteiger partial charge in [-0.25, -0.2) is 4.39 Å². The number of hydrogen-bond acceptors (Lipinski definition) is 4. The molecule has 0 atom stereocenters. The molecule has 110 valence electrons. The Morgan fingerprint density at radius 3 is 2.43 bits per heavy atom. The van der Waals surface area contributed by atoms with E-state index < -0.39 is 0 Å². The topological polar surface area (TPSA) is 42.8 Å². The Morgan fingerprint density at radius 1 is 1.10 bits per heavy atom. The van der Waals surface area contributed by atoms with Gasteiger partial charge in [-0.1, -0.05) is 11.6 Å². The fourth-order valence-electron chi connectivity index (χ4n) is 1.70. The van der Waals surface area contributed by atoms with Crippen LogP contribution < -0.4 is 14.9 Å². The van der Waals surface area contributed by atoms with Gasteiger partial charge in [-0.05, 0) is 36.4 Å². The van der Waals surface area contributed by atoms with E-state index in [0.29, 0.717) is 27.8 Å². The van der Waals surface area contributed by atoms with Crippen molar-refractivity contribution < 1.29 is 13.9 Å². The number of rotatable bonds is 5. The summed E-state index contributed by atoms with van der Waals surface area (Å²) in [5.74, 6) is 0.698. The third-order valence-corrected chi connectivity index (χ3v) is 3.15. The molecule has 0 aliphatic carbocycles. The number of anilines is 1. The van der Waals surface area contributed by atoms with Gasteiger partial charge in [0, 0.05) is 5.56 Å². The molecule has 0 radical (unpaired) electrons. The quantitative estimate of drug-likeness (QED) is 0.672. The molecule has 0 saturated heterocycles. The van der Waals surface area contributed by atoms with Crippen molar-refractivity contribution in [2.45, 2.75) is 0 Å². The maximum atomic E-state index is 12.8. The highest BCUT2D eigenvalue weighted by atomic mass is 35.5. The molecule has 2 rings (SSSR count). The second-order valence-corrected chi connectivity index (χ2v) is 4.46. The van der Waals surface area contributed by atoms with Gasteiger partial charge in [0.15, 0.2) is 11.5 Å². The number of halogens is 2. The molecular weight excluding hydrogens is 295 g/mol. The summed E-state index contributed by atoms with van der Waals surface area (Å²) in [5.41, 5.74) is 4.13. The van der Waals surface area contributed by atoms with Crippen molar-refractivity contribution in [2.24, 2.45) is 5.10 Å². The van der Waals surface area contributed by atoms with Crippen molar-refractivity contribution in [3.05, 3.63) is 52.8 Å². The summed E-state index contributed by atoms with van der Waals surface area (Å²) in [4.78, 5) is 0. The predicted octanol–water partition coefficient (Wildman–Crippen LogP) is 3.94. The Morgan fingerprint density at radius 2 is 1.81 bits per heavy atom. The molecule has 6 heteroatoms. The molecule has 0 saturated carbocycles. The number of nitrogens with zero attached hydrogens (tertiary/aromatic N) is 1. The highest BCUT2D eigenvalue weighted by Crippen LogP contribution is 2.36. The molecule has 0 aromatic heterocycles. The average Bonchev–Trinajstić information content (AvgIpc) is 2.50. The van der Waals surface area contributed by atoms with Gasteiger partial charge in [0.25, 0.3) is 0 Å². The van der Waals surface area contributed by atoms with Gasteiger partial charge >= 0.3 is 0 Å². The fraction of sp³-hybridized carbons (Fsp3) is 0.133. The standard InChI is InChI=1S/C15H14ClFN2O2/c1-20-13-8-3-10(14(16)15(13)21-2)9-18-19-12-6-4-11(17)5-7-12/h3-9,19H,1-2H3/b18-9+. The molecule has 0 bridgehead atoms.